The number of amides is 1. The Morgan fingerprint density at radius 2 is 2.32 bits per heavy atom. The summed E-state index contributed by atoms with van der Waals surface area (Å²) in [6, 6.07) is 7.93. The minimum atomic E-state index is 0. The molecule has 0 spiro atoms. The Kier molecular flexibility index (Phi) is 7.41. The molecule has 2 aromatic rings. The van der Waals surface area contributed by atoms with Crippen molar-refractivity contribution in [1.82, 2.24) is 10.3 Å². The molecule has 1 amide bonds. The fraction of sp³-hybridized carbons (Fsp3) is 0.474. The van der Waals surface area contributed by atoms with Gasteiger partial charge in [-0.3, -0.25) is 4.79 Å². The van der Waals surface area contributed by atoms with Gasteiger partial charge in [0, 0.05) is 23.1 Å². The maximum atomic E-state index is 12.4. The molecule has 1 saturated heterocycles. The van der Waals surface area contributed by atoms with Crippen LogP contribution in [-0.4, -0.2) is 24.0 Å². The van der Waals surface area contributed by atoms with E-state index < -0.39 is 0 Å². The molecule has 1 aromatic carbocycles. The number of hydrogen-bond donors (Lipinski definition) is 2. The fourth-order valence-electron chi connectivity index (χ4n) is 3.29. The highest BCUT2D eigenvalue weighted by Crippen LogP contribution is 2.25. The third-order valence-corrected chi connectivity index (χ3v) is 5.48. The van der Waals surface area contributed by atoms with E-state index in [0.29, 0.717) is 18.3 Å². The molecule has 2 heterocycles. The number of thiazole rings is 1. The van der Waals surface area contributed by atoms with Crippen molar-refractivity contribution in [3.63, 3.8) is 0 Å². The molecule has 1 aliphatic heterocycles. The Morgan fingerprint density at radius 1 is 1.48 bits per heavy atom. The summed E-state index contributed by atoms with van der Waals surface area (Å²) in [5.41, 5.74) is 2.86. The molecule has 0 aliphatic carbocycles. The smallest absolute Gasteiger partial charge is 0.224 e. The van der Waals surface area contributed by atoms with Crippen molar-refractivity contribution < 1.29 is 4.79 Å². The van der Waals surface area contributed by atoms with Crippen LogP contribution in [0.15, 0.2) is 29.6 Å². The van der Waals surface area contributed by atoms with Gasteiger partial charge in [-0.15, -0.1) is 23.7 Å². The number of hydrogen-bond acceptors (Lipinski definition) is 4. The summed E-state index contributed by atoms with van der Waals surface area (Å²) in [6.07, 6.45) is 3.01. The second-order valence-corrected chi connectivity index (χ2v) is 7.73. The third kappa shape index (κ3) is 5.53. The van der Waals surface area contributed by atoms with Gasteiger partial charge in [0.05, 0.1) is 10.7 Å². The highest BCUT2D eigenvalue weighted by Gasteiger charge is 2.22. The zero-order valence-corrected chi connectivity index (χ0v) is 16.4. The number of piperidine rings is 1. The van der Waals surface area contributed by atoms with Gasteiger partial charge in [-0.1, -0.05) is 19.1 Å². The first-order chi connectivity index (χ1) is 11.6. The van der Waals surface area contributed by atoms with Crippen LogP contribution in [-0.2, 0) is 4.79 Å². The molecule has 1 aliphatic rings. The molecule has 0 radical (unpaired) electrons. The summed E-state index contributed by atoms with van der Waals surface area (Å²) < 4.78 is 0. The number of nitrogens with one attached hydrogen (secondary N) is 2. The van der Waals surface area contributed by atoms with Crippen LogP contribution >= 0.6 is 23.7 Å². The first-order valence-corrected chi connectivity index (χ1v) is 9.53. The van der Waals surface area contributed by atoms with Gasteiger partial charge in [-0.05, 0) is 56.8 Å². The standard InChI is InChI=1S/C19H25N3OS.ClH/c1-13(16-6-4-8-20-11-16)9-19(23)22-17-7-3-5-15(10-17)18-12-24-14(2)21-18;/h3,5,7,10,12-13,16,20H,4,6,8-9,11H2,1-2H3,(H,22,23);1H. The quantitative estimate of drug-likeness (QED) is 0.803. The van der Waals surface area contributed by atoms with E-state index in [1.165, 1.54) is 12.8 Å². The maximum Gasteiger partial charge on any atom is 0.224 e. The molecule has 136 valence electrons. The van der Waals surface area contributed by atoms with E-state index in [9.17, 15) is 4.79 Å². The van der Waals surface area contributed by atoms with Crippen molar-refractivity contribution in [2.24, 2.45) is 11.8 Å². The van der Waals surface area contributed by atoms with Gasteiger partial charge in [0.2, 0.25) is 5.91 Å². The van der Waals surface area contributed by atoms with Gasteiger partial charge in [-0.2, -0.15) is 0 Å². The largest absolute Gasteiger partial charge is 0.326 e. The molecule has 1 fully saturated rings. The lowest BCUT2D eigenvalue weighted by Gasteiger charge is -2.28. The molecule has 2 unspecified atom stereocenters. The number of nitrogens with zero attached hydrogens (tertiary/aromatic N) is 1. The monoisotopic (exact) mass is 379 g/mol. The molecule has 0 bridgehead atoms. The Hall–Kier alpha value is -1.43. The van der Waals surface area contributed by atoms with E-state index in [0.717, 1.165) is 35.0 Å². The number of aryl methyl sites for hydroxylation is 1. The van der Waals surface area contributed by atoms with Crippen molar-refractivity contribution in [3.8, 4) is 11.3 Å². The average molecular weight is 380 g/mol. The Bertz CT molecular complexity index is 697. The number of benzene rings is 1. The number of anilines is 1. The highest BCUT2D eigenvalue weighted by atomic mass is 35.5. The Labute approximate surface area is 159 Å². The van der Waals surface area contributed by atoms with Crippen molar-refractivity contribution in [2.75, 3.05) is 18.4 Å². The van der Waals surface area contributed by atoms with E-state index in [1.54, 1.807) is 11.3 Å². The third-order valence-electron chi connectivity index (χ3n) is 4.71. The number of halogens is 1. The molecular weight excluding hydrogens is 354 g/mol. The van der Waals surface area contributed by atoms with Crippen LogP contribution in [0.1, 0.15) is 31.2 Å². The molecular formula is C19H26ClN3OS. The van der Waals surface area contributed by atoms with Gasteiger partial charge in [0.15, 0.2) is 0 Å². The lowest BCUT2D eigenvalue weighted by atomic mass is 9.85. The first-order valence-electron chi connectivity index (χ1n) is 8.65. The summed E-state index contributed by atoms with van der Waals surface area (Å²) >= 11 is 1.64. The summed E-state index contributed by atoms with van der Waals surface area (Å²) in [4.78, 5) is 16.9. The minimum absolute atomic E-state index is 0. The summed E-state index contributed by atoms with van der Waals surface area (Å²) in [5.74, 6) is 1.11. The minimum Gasteiger partial charge on any atom is -0.326 e. The van der Waals surface area contributed by atoms with Crippen LogP contribution in [0.4, 0.5) is 5.69 Å². The summed E-state index contributed by atoms with van der Waals surface area (Å²) in [7, 11) is 0. The maximum absolute atomic E-state index is 12.4. The Balaban J connectivity index is 0.00000225. The zero-order chi connectivity index (χ0) is 16.9. The van der Waals surface area contributed by atoms with E-state index in [-0.39, 0.29) is 18.3 Å². The van der Waals surface area contributed by atoms with Crippen LogP contribution < -0.4 is 10.6 Å². The molecule has 0 saturated carbocycles. The van der Waals surface area contributed by atoms with E-state index in [1.807, 2.05) is 31.2 Å². The van der Waals surface area contributed by atoms with Gasteiger partial charge in [0.1, 0.15) is 0 Å². The molecule has 2 N–H and O–H groups in total. The predicted octanol–water partition coefficient (Wildman–Crippen LogP) is 4.50. The van der Waals surface area contributed by atoms with Gasteiger partial charge >= 0.3 is 0 Å². The zero-order valence-electron chi connectivity index (χ0n) is 14.7. The van der Waals surface area contributed by atoms with Crippen LogP contribution in [0.2, 0.25) is 0 Å². The van der Waals surface area contributed by atoms with Gasteiger partial charge < -0.3 is 10.6 Å². The van der Waals surface area contributed by atoms with Crippen LogP contribution in [0.3, 0.4) is 0 Å². The van der Waals surface area contributed by atoms with Crippen molar-refractivity contribution in [1.29, 1.82) is 0 Å². The lowest BCUT2D eigenvalue weighted by molar-refractivity contribution is -0.117. The molecule has 25 heavy (non-hydrogen) atoms. The van der Waals surface area contributed by atoms with Crippen LogP contribution in [0, 0.1) is 18.8 Å². The number of aromatic nitrogens is 1. The molecule has 6 heteroatoms. The normalized spacial score (nSPS) is 18.2. The molecule has 4 nitrogen and oxygen atoms in total. The van der Waals surface area contributed by atoms with E-state index >= 15 is 0 Å². The SMILES string of the molecule is Cc1nc(-c2cccc(NC(=O)CC(C)C3CCCNC3)c2)cs1.Cl. The first kappa shape index (κ1) is 19.9. The van der Waals surface area contributed by atoms with E-state index in [2.05, 4.69) is 27.9 Å². The molecule has 3 rings (SSSR count). The van der Waals surface area contributed by atoms with Crippen LogP contribution in [0.25, 0.3) is 11.3 Å². The number of carbonyl (C=O) groups excluding carboxylic acids is 1. The lowest BCUT2D eigenvalue weighted by Crippen LogP contribution is -2.34. The highest BCUT2D eigenvalue weighted by molar-refractivity contribution is 7.09. The second-order valence-electron chi connectivity index (χ2n) is 6.67. The second kappa shape index (κ2) is 9.32. The molecule has 2 atom stereocenters. The topological polar surface area (TPSA) is 54.0 Å². The predicted molar refractivity (Wildman–Crippen MR) is 108 cm³/mol. The van der Waals surface area contributed by atoms with E-state index in [4.69, 9.17) is 0 Å². The number of carbonyl (C=O) groups is 1. The summed E-state index contributed by atoms with van der Waals surface area (Å²) in [6.45, 7) is 6.33. The van der Waals surface area contributed by atoms with Crippen molar-refractivity contribution in [3.05, 3.63) is 34.7 Å². The Morgan fingerprint density at radius 3 is 3.00 bits per heavy atom. The number of rotatable bonds is 5. The summed E-state index contributed by atoms with van der Waals surface area (Å²) in [5, 5.41) is 9.57. The average Bonchev–Trinajstić information content (AvgIpc) is 3.02. The van der Waals surface area contributed by atoms with Crippen molar-refractivity contribution in [2.45, 2.75) is 33.1 Å². The van der Waals surface area contributed by atoms with Gasteiger partial charge in [0.25, 0.3) is 0 Å². The van der Waals surface area contributed by atoms with Gasteiger partial charge in [-0.25, -0.2) is 4.98 Å². The molecule has 1 aromatic heterocycles. The fourth-order valence-corrected chi connectivity index (χ4v) is 3.91. The van der Waals surface area contributed by atoms with Crippen LogP contribution in [0.5, 0.6) is 0 Å². The van der Waals surface area contributed by atoms with Crippen molar-refractivity contribution >= 4 is 35.3 Å².